The fraction of sp³-hybridized carbons (Fsp3) is 0.235. The molecule has 0 fully saturated rings. The Morgan fingerprint density at radius 2 is 1.75 bits per heavy atom. The van der Waals surface area contributed by atoms with Gasteiger partial charge in [-0.3, -0.25) is 4.79 Å². The van der Waals surface area contributed by atoms with E-state index in [0.29, 0.717) is 6.42 Å². The number of para-hydroxylation sites is 1. The highest BCUT2D eigenvalue weighted by Gasteiger charge is 2.17. The minimum atomic E-state index is -0.221. The van der Waals surface area contributed by atoms with Gasteiger partial charge >= 0.3 is 5.97 Å². The van der Waals surface area contributed by atoms with Crippen molar-refractivity contribution in [2.75, 3.05) is 12.4 Å². The van der Waals surface area contributed by atoms with E-state index < -0.39 is 0 Å². The molecule has 0 unspecified atom stereocenters. The molecular formula is C17H19NO2. The second-order valence-electron chi connectivity index (χ2n) is 4.70. The molecule has 0 radical (unpaired) electrons. The van der Waals surface area contributed by atoms with Gasteiger partial charge in [-0.25, -0.2) is 0 Å². The van der Waals surface area contributed by atoms with Crippen molar-refractivity contribution in [3.8, 4) is 0 Å². The van der Waals surface area contributed by atoms with Gasteiger partial charge in [-0.15, -0.1) is 0 Å². The van der Waals surface area contributed by atoms with Gasteiger partial charge in [0.05, 0.1) is 19.6 Å². The minimum absolute atomic E-state index is 0.0916. The largest absolute Gasteiger partial charge is 0.469 e. The maximum atomic E-state index is 11.6. The summed E-state index contributed by atoms with van der Waals surface area (Å²) in [6.45, 7) is 2.05. The first-order valence-electron chi connectivity index (χ1n) is 6.64. The molecular weight excluding hydrogens is 250 g/mol. The average Bonchev–Trinajstić information content (AvgIpc) is 2.48. The lowest BCUT2D eigenvalue weighted by Gasteiger charge is -2.21. The Hall–Kier alpha value is -2.29. The number of esters is 1. The maximum absolute atomic E-state index is 11.6. The SMILES string of the molecule is COC(=O)C[C@@H](Nc1ccccc1)c1ccccc1C. The van der Waals surface area contributed by atoms with Crippen LogP contribution in [-0.4, -0.2) is 13.1 Å². The number of carbonyl (C=O) groups excluding carboxylic acids is 1. The predicted octanol–water partition coefficient (Wildman–Crippen LogP) is 3.71. The summed E-state index contributed by atoms with van der Waals surface area (Å²) in [6, 6.07) is 17.9. The average molecular weight is 269 g/mol. The van der Waals surface area contributed by atoms with Crippen LogP contribution >= 0.6 is 0 Å². The minimum Gasteiger partial charge on any atom is -0.469 e. The van der Waals surface area contributed by atoms with Crippen LogP contribution in [0.25, 0.3) is 0 Å². The molecule has 0 spiro atoms. The zero-order valence-electron chi connectivity index (χ0n) is 11.8. The highest BCUT2D eigenvalue weighted by atomic mass is 16.5. The van der Waals surface area contributed by atoms with Gasteiger partial charge in [0.25, 0.3) is 0 Å². The van der Waals surface area contributed by atoms with Crippen LogP contribution in [0.15, 0.2) is 54.6 Å². The molecule has 0 saturated heterocycles. The molecule has 3 nitrogen and oxygen atoms in total. The Balaban J connectivity index is 2.25. The van der Waals surface area contributed by atoms with Crippen molar-refractivity contribution in [3.63, 3.8) is 0 Å². The molecule has 2 aromatic rings. The van der Waals surface area contributed by atoms with E-state index in [1.54, 1.807) is 0 Å². The summed E-state index contributed by atoms with van der Waals surface area (Å²) in [6.07, 6.45) is 0.302. The second kappa shape index (κ2) is 6.75. The zero-order valence-corrected chi connectivity index (χ0v) is 11.8. The van der Waals surface area contributed by atoms with E-state index in [1.807, 2.05) is 61.5 Å². The Morgan fingerprint density at radius 1 is 1.10 bits per heavy atom. The van der Waals surface area contributed by atoms with Crippen LogP contribution in [0.1, 0.15) is 23.6 Å². The lowest BCUT2D eigenvalue weighted by Crippen LogP contribution is -2.17. The van der Waals surface area contributed by atoms with Crippen LogP contribution in [0.4, 0.5) is 5.69 Å². The van der Waals surface area contributed by atoms with Gasteiger partial charge in [-0.2, -0.15) is 0 Å². The number of carbonyl (C=O) groups is 1. The molecule has 2 aromatic carbocycles. The number of anilines is 1. The Bertz CT molecular complexity index is 566. The number of rotatable bonds is 5. The van der Waals surface area contributed by atoms with Gasteiger partial charge in [0.2, 0.25) is 0 Å². The van der Waals surface area contributed by atoms with Crippen molar-refractivity contribution >= 4 is 11.7 Å². The molecule has 0 amide bonds. The number of benzene rings is 2. The molecule has 1 atom stereocenters. The molecule has 0 saturated carbocycles. The third-order valence-electron chi connectivity index (χ3n) is 3.28. The monoisotopic (exact) mass is 269 g/mol. The summed E-state index contributed by atoms with van der Waals surface area (Å²) in [5, 5.41) is 3.40. The van der Waals surface area contributed by atoms with Gasteiger partial charge in [-0.05, 0) is 30.2 Å². The fourth-order valence-electron chi connectivity index (χ4n) is 2.20. The van der Waals surface area contributed by atoms with E-state index in [1.165, 1.54) is 7.11 Å². The Kier molecular flexibility index (Phi) is 4.77. The molecule has 2 rings (SSSR count). The Morgan fingerprint density at radius 3 is 2.40 bits per heavy atom. The number of aryl methyl sites for hydroxylation is 1. The standard InChI is InChI=1S/C17H19NO2/c1-13-8-6-7-11-15(13)16(12-17(19)20-2)18-14-9-4-3-5-10-14/h3-11,16,18H,12H2,1-2H3/t16-/m1/s1. The summed E-state index contributed by atoms with van der Waals surface area (Å²) in [4.78, 5) is 11.6. The Labute approximate surface area is 119 Å². The number of nitrogens with one attached hydrogen (secondary N) is 1. The smallest absolute Gasteiger partial charge is 0.307 e. The summed E-state index contributed by atoms with van der Waals surface area (Å²) >= 11 is 0. The molecule has 1 N–H and O–H groups in total. The highest BCUT2D eigenvalue weighted by Crippen LogP contribution is 2.25. The summed E-state index contributed by atoms with van der Waals surface area (Å²) < 4.78 is 4.80. The van der Waals surface area contributed by atoms with Gasteiger partial charge in [0, 0.05) is 5.69 Å². The normalized spacial score (nSPS) is 11.7. The molecule has 0 aliphatic carbocycles. The number of ether oxygens (including phenoxy) is 1. The molecule has 0 aromatic heterocycles. The zero-order chi connectivity index (χ0) is 14.4. The number of hydrogen-bond donors (Lipinski definition) is 1. The topological polar surface area (TPSA) is 38.3 Å². The first kappa shape index (κ1) is 14.1. The highest BCUT2D eigenvalue weighted by molar-refractivity contribution is 5.71. The van der Waals surface area contributed by atoms with Crippen molar-refractivity contribution in [2.24, 2.45) is 0 Å². The van der Waals surface area contributed by atoms with Crippen molar-refractivity contribution in [2.45, 2.75) is 19.4 Å². The van der Waals surface area contributed by atoms with Gasteiger partial charge in [-0.1, -0.05) is 42.5 Å². The predicted molar refractivity (Wildman–Crippen MR) is 80.6 cm³/mol. The third kappa shape index (κ3) is 3.60. The molecule has 104 valence electrons. The first-order chi connectivity index (χ1) is 9.70. The summed E-state index contributed by atoms with van der Waals surface area (Å²) in [5.41, 5.74) is 3.26. The van der Waals surface area contributed by atoms with E-state index >= 15 is 0 Å². The lowest BCUT2D eigenvalue weighted by atomic mass is 9.98. The van der Waals surface area contributed by atoms with E-state index in [0.717, 1.165) is 16.8 Å². The summed E-state index contributed by atoms with van der Waals surface area (Å²) in [7, 11) is 1.42. The fourth-order valence-corrected chi connectivity index (χ4v) is 2.20. The molecule has 0 aliphatic heterocycles. The quantitative estimate of drug-likeness (QED) is 0.841. The summed E-state index contributed by atoms with van der Waals surface area (Å²) in [5.74, 6) is -0.221. The van der Waals surface area contributed by atoms with Crippen LogP contribution < -0.4 is 5.32 Å². The van der Waals surface area contributed by atoms with Gasteiger partial charge < -0.3 is 10.1 Å². The van der Waals surface area contributed by atoms with E-state index in [9.17, 15) is 4.79 Å². The lowest BCUT2D eigenvalue weighted by molar-refractivity contribution is -0.140. The number of methoxy groups -OCH3 is 1. The van der Waals surface area contributed by atoms with E-state index in [4.69, 9.17) is 4.74 Å². The number of hydrogen-bond acceptors (Lipinski definition) is 3. The molecule has 0 bridgehead atoms. The van der Waals surface area contributed by atoms with Gasteiger partial charge in [0.15, 0.2) is 0 Å². The molecule has 3 heteroatoms. The first-order valence-corrected chi connectivity index (χ1v) is 6.64. The van der Waals surface area contributed by atoms with Crippen LogP contribution in [0, 0.1) is 6.92 Å². The van der Waals surface area contributed by atoms with Crippen molar-refractivity contribution in [1.82, 2.24) is 0 Å². The van der Waals surface area contributed by atoms with Crippen LogP contribution in [0.2, 0.25) is 0 Å². The molecule has 20 heavy (non-hydrogen) atoms. The van der Waals surface area contributed by atoms with Gasteiger partial charge in [0.1, 0.15) is 0 Å². The van der Waals surface area contributed by atoms with E-state index in [-0.39, 0.29) is 12.0 Å². The third-order valence-corrected chi connectivity index (χ3v) is 3.28. The van der Waals surface area contributed by atoms with Crippen LogP contribution in [0.5, 0.6) is 0 Å². The van der Waals surface area contributed by atoms with Crippen LogP contribution in [-0.2, 0) is 9.53 Å². The van der Waals surface area contributed by atoms with E-state index in [2.05, 4.69) is 5.32 Å². The molecule has 0 aliphatic rings. The maximum Gasteiger partial charge on any atom is 0.307 e. The van der Waals surface area contributed by atoms with Crippen molar-refractivity contribution in [1.29, 1.82) is 0 Å². The van der Waals surface area contributed by atoms with Crippen LogP contribution in [0.3, 0.4) is 0 Å². The second-order valence-corrected chi connectivity index (χ2v) is 4.70. The van der Waals surface area contributed by atoms with Crippen molar-refractivity contribution in [3.05, 3.63) is 65.7 Å². The van der Waals surface area contributed by atoms with Crippen molar-refractivity contribution < 1.29 is 9.53 Å². The molecule has 0 heterocycles.